The highest BCUT2D eigenvalue weighted by Crippen LogP contribution is 2.35. The minimum atomic E-state index is -2.65. The number of alkyl halides is 2. The molecule has 2 saturated heterocycles. The van der Waals surface area contributed by atoms with Gasteiger partial charge in [0.15, 0.2) is 0 Å². The van der Waals surface area contributed by atoms with Crippen molar-refractivity contribution in [1.82, 2.24) is 15.5 Å². The maximum atomic E-state index is 12.7. The highest BCUT2D eigenvalue weighted by molar-refractivity contribution is 6.32. The third kappa shape index (κ3) is 7.23. The van der Waals surface area contributed by atoms with Gasteiger partial charge < -0.3 is 25.4 Å². The van der Waals surface area contributed by atoms with Crippen molar-refractivity contribution in [2.75, 3.05) is 44.7 Å². The Hall–Kier alpha value is -2.17. The number of nitrogens with zero attached hydrogens (tertiary/aromatic N) is 2. The van der Waals surface area contributed by atoms with Crippen LogP contribution in [0.2, 0.25) is 10.0 Å². The smallest absolute Gasteiger partial charge is 0.272 e. The van der Waals surface area contributed by atoms with Gasteiger partial charge in [-0.15, -0.1) is 0 Å². The Kier molecular flexibility index (Phi) is 9.47. The average Bonchev–Trinajstić information content (AvgIpc) is 3.24. The summed E-state index contributed by atoms with van der Waals surface area (Å²) in [5.41, 5.74) is 2.00. The number of benzene rings is 2. The zero-order chi connectivity index (χ0) is 26.5. The van der Waals surface area contributed by atoms with Crippen LogP contribution >= 0.6 is 23.2 Å². The van der Waals surface area contributed by atoms with Crippen LogP contribution < -0.4 is 20.3 Å². The van der Waals surface area contributed by atoms with Crippen LogP contribution in [0.25, 0.3) is 0 Å². The van der Waals surface area contributed by atoms with Crippen molar-refractivity contribution < 1.29 is 23.4 Å². The summed E-state index contributed by atoms with van der Waals surface area (Å²) in [5, 5.41) is 17.8. The molecule has 0 saturated carbocycles. The van der Waals surface area contributed by atoms with Crippen LogP contribution in [-0.2, 0) is 6.54 Å². The Morgan fingerprint density at radius 1 is 1.16 bits per heavy atom. The molecular weight excluding hydrogens is 525 g/mol. The Bertz CT molecular complexity index is 1070. The van der Waals surface area contributed by atoms with Crippen LogP contribution in [0.15, 0.2) is 36.4 Å². The van der Waals surface area contributed by atoms with Gasteiger partial charge in [0, 0.05) is 43.8 Å². The third-order valence-electron chi connectivity index (χ3n) is 6.87. The van der Waals surface area contributed by atoms with Crippen molar-refractivity contribution in [2.24, 2.45) is 0 Å². The first-order chi connectivity index (χ1) is 17.7. The summed E-state index contributed by atoms with van der Waals surface area (Å²) < 4.78 is 30.6. The molecule has 0 spiro atoms. The van der Waals surface area contributed by atoms with Crippen LogP contribution in [0.3, 0.4) is 0 Å². The summed E-state index contributed by atoms with van der Waals surface area (Å²) in [6, 6.07) is 10.9. The number of aliphatic hydroxyl groups excluding tert-OH is 1. The maximum absolute atomic E-state index is 12.7. The van der Waals surface area contributed by atoms with E-state index in [9.17, 15) is 18.7 Å². The second kappa shape index (κ2) is 12.6. The summed E-state index contributed by atoms with van der Waals surface area (Å²) >= 11 is 12.2. The fraction of sp³-hybridized carbons (Fsp3) is 0.500. The Morgan fingerprint density at radius 3 is 2.51 bits per heavy atom. The normalized spacial score (nSPS) is 21.0. The van der Waals surface area contributed by atoms with E-state index < -0.39 is 19.1 Å². The standard InChI is InChI=1S/C26H32Cl2F2N4O3/c1-31-26(36)19-10-20(28)24(37-15-25(29)30)11-22(19)34-13-21(23(35)14-34)32-18-6-8-33(9-7-18)12-16-2-4-17(27)5-3-16/h2-5,10-11,18,21,23,25,32,35H,6-9,12-15H2,1H3,(H,31,36)/t21?,23-/m1/s1. The molecule has 1 amide bonds. The second-order valence-corrected chi connectivity index (χ2v) is 10.3. The number of likely N-dealkylation sites (tertiary alicyclic amines) is 1. The lowest BCUT2D eigenvalue weighted by atomic mass is 10.0. The molecule has 37 heavy (non-hydrogen) atoms. The van der Waals surface area contributed by atoms with E-state index in [-0.39, 0.29) is 35.3 Å². The molecule has 2 aromatic carbocycles. The highest BCUT2D eigenvalue weighted by Gasteiger charge is 2.35. The molecule has 0 radical (unpaired) electrons. The van der Waals surface area contributed by atoms with Gasteiger partial charge in [-0.05, 0) is 49.7 Å². The summed E-state index contributed by atoms with van der Waals surface area (Å²) in [4.78, 5) is 16.8. The van der Waals surface area contributed by atoms with Gasteiger partial charge in [-0.25, -0.2) is 8.78 Å². The molecule has 2 fully saturated rings. The molecule has 0 aromatic heterocycles. The van der Waals surface area contributed by atoms with E-state index in [1.165, 1.54) is 24.7 Å². The van der Waals surface area contributed by atoms with E-state index in [0.29, 0.717) is 17.8 Å². The van der Waals surface area contributed by atoms with Gasteiger partial charge in [0.1, 0.15) is 12.4 Å². The Morgan fingerprint density at radius 2 is 1.86 bits per heavy atom. The summed E-state index contributed by atoms with van der Waals surface area (Å²) in [7, 11) is 1.50. The van der Waals surface area contributed by atoms with Gasteiger partial charge in [0.25, 0.3) is 12.3 Å². The molecule has 7 nitrogen and oxygen atoms in total. The first-order valence-electron chi connectivity index (χ1n) is 12.4. The fourth-order valence-electron chi connectivity index (χ4n) is 4.94. The van der Waals surface area contributed by atoms with E-state index in [1.807, 2.05) is 29.2 Å². The number of carbonyl (C=O) groups excluding carboxylic acids is 1. The largest absolute Gasteiger partial charge is 0.486 e. The van der Waals surface area contributed by atoms with Gasteiger partial charge in [-0.1, -0.05) is 35.3 Å². The molecule has 2 atom stereocenters. The van der Waals surface area contributed by atoms with E-state index >= 15 is 0 Å². The lowest BCUT2D eigenvalue weighted by Gasteiger charge is -2.34. The number of piperidine rings is 1. The topological polar surface area (TPSA) is 77.1 Å². The quantitative estimate of drug-likeness (QED) is 0.436. The van der Waals surface area contributed by atoms with Crippen LogP contribution in [0.4, 0.5) is 14.5 Å². The van der Waals surface area contributed by atoms with Crippen molar-refractivity contribution in [3.63, 3.8) is 0 Å². The molecule has 0 bridgehead atoms. The van der Waals surface area contributed by atoms with Gasteiger partial charge >= 0.3 is 0 Å². The van der Waals surface area contributed by atoms with Crippen molar-refractivity contribution in [3.05, 3.63) is 57.6 Å². The number of amides is 1. The molecule has 2 aliphatic rings. The molecule has 0 aliphatic carbocycles. The summed E-state index contributed by atoms with van der Waals surface area (Å²) in [5.74, 6) is -0.292. The number of hydrogen-bond acceptors (Lipinski definition) is 6. The molecule has 2 aliphatic heterocycles. The fourth-order valence-corrected chi connectivity index (χ4v) is 5.28. The number of hydrogen-bond donors (Lipinski definition) is 3. The Labute approximate surface area is 225 Å². The van der Waals surface area contributed by atoms with Gasteiger partial charge in [0.2, 0.25) is 0 Å². The lowest BCUT2D eigenvalue weighted by molar-refractivity contribution is 0.0819. The molecule has 4 rings (SSSR count). The molecule has 2 aromatic rings. The third-order valence-corrected chi connectivity index (χ3v) is 7.42. The lowest BCUT2D eigenvalue weighted by Crippen LogP contribution is -2.49. The van der Waals surface area contributed by atoms with Crippen molar-refractivity contribution in [1.29, 1.82) is 0 Å². The predicted molar refractivity (Wildman–Crippen MR) is 141 cm³/mol. The summed E-state index contributed by atoms with van der Waals surface area (Å²) in [6.07, 6.45) is -1.41. The van der Waals surface area contributed by atoms with Crippen molar-refractivity contribution in [3.8, 4) is 5.75 Å². The van der Waals surface area contributed by atoms with Gasteiger partial charge in [0.05, 0.1) is 28.4 Å². The van der Waals surface area contributed by atoms with Crippen LogP contribution in [0.5, 0.6) is 5.75 Å². The average molecular weight is 557 g/mol. The molecule has 3 N–H and O–H groups in total. The van der Waals surface area contributed by atoms with E-state index in [4.69, 9.17) is 27.9 Å². The second-order valence-electron chi connectivity index (χ2n) is 9.50. The van der Waals surface area contributed by atoms with Crippen LogP contribution in [-0.4, -0.2) is 80.4 Å². The number of halogens is 4. The number of ether oxygens (including phenoxy) is 1. The molecule has 2 heterocycles. The SMILES string of the molecule is CNC(=O)c1cc(Cl)c(OCC(F)F)cc1N1CC(NC2CCN(Cc3ccc(Cl)cc3)CC2)[C@H](O)C1. The van der Waals surface area contributed by atoms with E-state index in [2.05, 4.69) is 15.5 Å². The van der Waals surface area contributed by atoms with Gasteiger partial charge in [-0.2, -0.15) is 0 Å². The van der Waals surface area contributed by atoms with Crippen LogP contribution in [0, 0.1) is 0 Å². The Balaban J connectivity index is 1.38. The highest BCUT2D eigenvalue weighted by atomic mass is 35.5. The first-order valence-corrected chi connectivity index (χ1v) is 13.1. The molecule has 202 valence electrons. The zero-order valence-electron chi connectivity index (χ0n) is 20.6. The summed E-state index contributed by atoms with van der Waals surface area (Å²) in [6.45, 7) is 2.69. The van der Waals surface area contributed by atoms with Crippen LogP contribution in [0.1, 0.15) is 28.8 Å². The number of β-amino-alcohol motifs (C(OH)–C–C–N with tert-alkyl or cyclic N) is 1. The number of rotatable bonds is 9. The first kappa shape index (κ1) is 27.9. The monoisotopic (exact) mass is 556 g/mol. The number of anilines is 1. The molecular formula is C26H32Cl2F2N4O3. The van der Waals surface area contributed by atoms with Crippen molar-refractivity contribution >= 4 is 34.8 Å². The van der Waals surface area contributed by atoms with E-state index in [0.717, 1.165) is 37.5 Å². The van der Waals surface area contributed by atoms with Gasteiger partial charge in [-0.3, -0.25) is 9.69 Å². The minimum absolute atomic E-state index is 0.0720. The van der Waals surface area contributed by atoms with E-state index in [1.54, 1.807) is 0 Å². The molecule has 11 heteroatoms. The minimum Gasteiger partial charge on any atom is -0.486 e. The maximum Gasteiger partial charge on any atom is 0.272 e. The molecule has 1 unspecified atom stereocenters. The number of aliphatic hydroxyl groups is 1. The predicted octanol–water partition coefficient (Wildman–Crippen LogP) is 3.80. The van der Waals surface area contributed by atoms with Crippen molar-refractivity contribution in [2.45, 2.75) is 44.0 Å². The number of carbonyl (C=O) groups is 1. The number of nitrogens with one attached hydrogen (secondary N) is 2. The zero-order valence-corrected chi connectivity index (χ0v) is 22.1.